The number of carbonyl (C=O) groups is 1. The first-order valence-electron chi connectivity index (χ1n) is 6.75. The van der Waals surface area contributed by atoms with Gasteiger partial charge in [0.15, 0.2) is 0 Å². The first kappa shape index (κ1) is 15.1. The number of benzene rings is 1. The first-order chi connectivity index (χ1) is 9.70. The fourth-order valence-corrected chi connectivity index (χ4v) is 2.12. The summed E-state index contributed by atoms with van der Waals surface area (Å²) in [5.41, 5.74) is 7.33. The number of nitrogens with two attached hydrogens (primary N) is 1. The molecular formula is C16H20N2O3. The molecule has 2 aromatic rings. The molecule has 0 fully saturated rings. The lowest BCUT2D eigenvalue weighted by Gasteiger charge is -2.20. The molecule has 0 spiro atoms. The smallest absolute Gasteiger partial charge is 0.339 e. The fourth-order valence-electron chi connectivity index (χ4n) is 2.12. The van der Waals surface area contributed by atoms with E-state index in [4.69, 9.17) is 10.5 Å². The number of carboxylic acids is 1. The van der Waals surface area contributed by atoms with Gasteiger partial charge in [-0.3, -0.25) is 4.98 Å². The molecule has 0 saturated carbocycles. The molecule has 3 N–H and O–H groups in total. The number of hydrogen-bond acceptors (Lipinski definition) is 4. The van der Waals surface area contributed by atoms with Crippen molar-refractivity contribution >= 4 is 22.6 Å². The molecule has 1 aromatic carbocycles. The summed E-state index contributed by atoms with van der Waals surface area (Å²) in [5.74, 6) is -0.514. The molecule has 0 aliphatic rings. The monoisotopic (exact) mass is 288 g/mol. The quantitative estimate of drug-likeness (QED) is 0.905. The molecule has 21 heavy (non-hydrogen) atoms. The van der Waals surface area contributed by atoms with Gasteiger partial charge >= 0.3 is 5.97 Å². The van der Waals surface area contributed by atoms with Crippen LogP contribution >= 0.6 is 0 Å². The topological polar surface area (TPSA) is 85.4 Å². The van der Waals surface area contributed by atoms with E-state index in [1.54, 1.807) is 19.1 Å². The summed E-state index contributed by atoms with van der Waals surface area (Å²) >= 11 is 0. The minimum Gasteiger partial charge on any atom is -0.492 e. The summed E-state index contributed by atoms with van der Waals surface area (Å²) < 4.78 is 5.83. The SMILES string of the molecule is Cc1nc2cccc(OCC(C)(C)C)c2c(N)c1C(=O)O. The van der Waals surface area contributed by atoms with Crippen molar-refractivity contribution in [1.29, 1.82) is 0 Å². The number of nitrogen functional groups attached to an aromatic ring is 1. The standard InChI is InChI=1S/C16H20N2O3/c1-9-12(15(19)20)14(17)13-10(18-9)6-5-7-11(13)21-8-16(2,3)4/h5-7H,8H2,1-4H3,(H2,17,18)(H,19,20). The van der Waals surface area contributed by atoms with Crippen LogP contribution in [0.3, 0.4) is 0 Å². The number of rotatable bonds is 3. The zero-order valence-corrected chi connectivity index (χ0v) is 12.7. The maximum atomic E-state index is 11.4. The molecule has 0 bridgehead atoms. The van der Waals surface area contributed by atoms with Crippen LogP contribution in [0.5, 0.6) is 5.75 Å². The Balaban J connectivity index is 2.62. The van der Waals surface area contributed by atoms with Gasteiger partial charge in [0.05, 0.1) is 28.9 Å². The number of hydrogen-bond donors (Lipinski definition) is 2. The highest BCUT2D eigenvalue weighted by atomic mass is 16.5. The van der Waals surface area contributed by atoms with Gasteiger partial charge < -0.3 is 15.6 Å². The molecule has 0 amide bonds. The number of aromatic nitrogens is 1. The van der Waals surface area contributed by atoms with E-state index >= 15 is 0 Å². The van der Waals surface area contributed by atoms with Crippen molar-refractivity contribution in [2.24, 2.45) is 5.41 Å². The van der Waals surface area contributed by atoms with Crippen molar-refractivity contribution < 1.29 is 14.6 Å². The van der Waals surface area contributed by atoms with E-state index in [0.717, 1.165) is 0 Å². The van der Waals surface area contributed by atoms with Crippen LogP contribution < -0.4 is 10.5 Å². The third-order valence-corrected chi connectivity index (χ3v) is 3.07. The summed E-state index contributed by atoms with van der Waals surface area (Å²) in [7, 11) is 0. The van der Waals surface area contributed by atoms with E-state index in [1.807, 2.05) is 6.07 Å². The molecular weight excluding hydrogens is 268 g/mol. The lowest BCUT2D eigenvalue weighted by atomic mass is 9.98. The molecule has 5 heteroatoms. The summed E-state index contributed by atoms with van der Waals surface area (Å²) in [6.07, 6.45) is 0. The van der Waals surface area contributed by atoms with Gasteiger partial charge in [0.25, 0.3) is 0 Å². The van der Waals surface area contributed by atoms with Crippen LogP contribution in [0.2, 0.25) is 0 Å². The molecule has 2 rings (SSSR count). The van der Waals surface area contributed by atoms with Crippen molar-refractivity contribution in [3.63, 3.8) is 0 Å². The molecule has 1 heterocycles. The third kappa shape index (κ3) is 3.07. The average Bonchev–Trinajstić information content (AvgIpc) is 2.34. The Morgan fingerprint density at radius 3 is 2.62 bits per heavy atom. The van der Waals surface area contributed by atoms with E-state index in [-0.39, 0.29) is 16.7 Å². The predicted octanol–water partition coefficient (Wildman–Crippen LogP) is 3.25. The van der Waals surface area contributed by atoms with E-state index in [2.05, 4.69) is 25.8 Å². The highest BCUT2D eigenvalue weighted by Crippen LogP contribution is 2.34. The summed E-state index contributed by atoms with van der Waals surface area (Å²) in [6, 6.07) is 5.41. The lowest BCUT2D eigenvalue weighted by Crippen LogP contribution is -2.17. The van der Waals surface area contributed by atoms with Crippen molar-refractivity contribution in [3.8, 4) is 5.75 Å². The van der Waals surface area contributed by atoms with Crippen LogP contribution in [0, 0.1) is 12.3 Å². The largest absolute Gasteiger partial charge is 0.492 e. The number of carboxylic acid groups (broad SMARTS) is 1. The number of aromatic carboxylic acids is 1. The van der Waals surface area contributed by atoms with E-state index in [1.165, 1.54) is 0 Å². The molecule has 112 valence electrons. The second-order valence-electron chi connectivity index (χ2n) is 6.29. The van der Waals surface area contributed by atoms with Gasteiger partial charge in [-0.2, -0.15) is 0 Å². The van der Waals surface area contributed by atoms with Crippen molar-refractivity contribution in [2.45, 2.75) is 27.7 Å². The van der Waals surface area contributed by atoms with Gasteiger partial charge in [-0.1, -0.05) is 26.8 Å². The highest BCUT2D eigenvalue weighted by Gasteiger charge is 2.19. The summed E-state index contributed by atoms with van der Waals surface area (Å²) in [5, 5.41) is 9.86. The number of ether oxygens (including phenoxy) is 1. The summed E-state index contributed by atoms with van der Waals surface area (Å²) in [6.45, 7) is 8.33. The Hall–Kier alpha value is -2.30. The van der Waals surface area contributed by atoms with Gasteiger partial charge in [-0.25, -0.2) is 4.79 Å². The Labute approximate surface area is 123 Å². The Bertz CT molecular complexity index is 703. The zero-order valence-electron chi connectivity index (χ0n) is 12.7. The van der Waals surface area contributed by atoms with Crippen LogP contribution in [0.25, 0.3) is 10.9 Å². The Kier molecular flexibility index (Phi) is 3.77. The van der Waals surface area contributed by atoms with Gasteiger partial charge in [-0.05, 0) is 24.5 Å². The second-order valence-corrected chi connectivity index (χ2v) is 6.29. The van der Waals surface area contributed by atoms with Crippen LogP contribution in [0.4, 0.5) is 5.69 Å². The van der Waals surface area contributed by atoms with Crippen LogP contribution in [0.1, 0.15) is 36.8 Å². The number of nitrogens with zero attached hydrogens (tertiary/aromatic N) is 1. The number of pyridine rings is 1. The Morgan fingerprint density at radius 1 is 1.38 bits per heavy atom. The van der Waals surface area contributed by atoms with E-state index < -0.39 is 5.97 Å². The number of fused-ring (bicyclic) bond motifs is 1. The molecule has 0 aliphatic heterocycles. The average molecular weight is 288 g/mol. The first-order valence-corrected chi connectivity index (χ1v) is 6.75. The van der Waals surface area contributed by atoms with E-state index in [0.29, 0.717) is 29.0 Å². The van der Waals surface area contributed by atoms with Crippen molar-refractivity contribution in [2.75, 3.05) is 12.3 Å². The third-order valence-electron chi connectivity index (χ3n) is 3.07. The molecule has 0 aliphatic carbocycles. The van der Waals surface area contributed by atoms with Crippen molar-refractivity contribution in [3.05, 3.63) is 29.5 Å². The minimum absolute atomic E-state index is 0.00925. The fraction of sp³-hybridized carbons (Fsp3) is 0.375. The Morgan fingerprint density at radius 2 is 2.05 bits per heavy atom. The molecule has 0 saturated heterocycles. The number of aryl methyl sites for hydroxylation is 1. The molecule has 0 unspecified atom stereocenters. The minimum atomic E-state index is -1.08. The molecule has 0 radical (unpaired) electrons. The van der Waals surface area contributed by atoms with Gasteiger partial charge in [0, 0.05) is 0 Å². The highest BCUT2D eigenvalue weighted by molar-refractivity contribution is 6.06. The predicted molar refractivity (Wildman–Crippen MR) is 82.8 cm³/mol. The molecule has 0 atom stereocenters. The lowest BCUT2D eigenvalue weighted by molar-refractivity contribution is 0.0697. The molecule has 1 aromatic heterocycles. The zero-order chi connectivity index (χ0) is 15.8. The van der Waals surface area contributed by atoms with Gasteiger partial charge in [-0.15, -0.1) is 0 Å². The van der Waals surface area contributed by atoms with Gasteiger partial charge in [0.1, 0.15) is 11.3 Å². The number of anilines is 1. The van der Waals surface area contributed by atoms with Crippen LogP contribution in [-0.2, 0) is 0 Å². The van der Waals surface area contributed by atoms with Gasteiger partial charge in [0.2, 0.25) is 0 Å². The van der Waals surface area contributed by atoms with Crippen LogP contribution in [0.15, 0.2) is 18.2 Å². The normalized spacial score (nSPS) is 11.6. The summed E-state index contributed by atoms with van der Waals surface area (Å²) in [4.78, 5) is 15.7. The van der Waals surface area contributed by atoms with Crippen molar-refractivity contribution in [1.82, 2.24) is 4.98 Å². The van der Waals surface area contributed by atoms with E-state index in [9.17, 15) is 9.90 Å². The van der Waals surface area contributed by atoms with Crippen LogP contribution in [-0.4, -0.2) is 22.7 Å². The second kappa shape index (κ2) is 5.24. The molecule has 5 nitrogen and oxygen atoms in total. The maximum Gasteiger partial charge on any atom is 0.339 e. The maximum absolute atomic E-state index is 11.4.